The third kappa shape index (κ3) is 5.69. The maximum absolute atomic E-state index is 14.0. The fourth-order valence-electron chi connectivity index (χ4n) is 2.69. The van der Waals surface area contributed by atoms with Crippen molar-refractivity contribution in [3.05, 3.63) is 50.7 Å². The molecular weight excluding hydrogens is 531 g/mol. The number of alkyl halides is 3. The van der Waals surface area contributed by atoms with Crippen molar-refractivity contribution in [2.24, 2.45) is 4.99 Å². The van der Waals surface area contributed by atoms with Gasteiger partial charge in [-0.2, -0.15) is 13.2 Å². The summed E-state index contributed by atoms with van der Waals surface area (Å²) < 4.78 is 51.8. The molecule has 2 aromatic rings. The third-order valence-electron chi connectivity index (χ3n) is 4.04. The number of aliphatic imine (C=N–C) groups is 1. The molecule has 3 rings (SSSR count). The number of nitrogens with zero attached hydrogens (tertiary/aromatic N) is 2. The number of aromatic nitrogens is 1. The second-order valence-electron chi connectivity index (χ2n) is 6.05. The predicted molar refractivity (Wildman–Crippen MR) is 113 cm³/mol. The second-order valence-corrected chi connectivity index (χ2v) is 7.40. The van der Waals surface area contributed by atoms with Crippen LogP contribution in [0.5, 0.6) is 0 Å². The molecule has 1 fully saturated rings. The van der Waals surface area contributed by atoms with Gasteiger partial charge in [-0.05, 0) is 25.5 Å². The van der Waals surface area contributed by atoms with Gasteiger partial charge in [-0.25, -0.2) is 14.4 Å². The Morgan fingerprint density at radius 3 is 2.75 bits per heavy atom. The maximum atomic E-state index is 14.0. The molecule has 154 valence electrons. The number of guanidine groups is 1. The smallest absolute Gasteiger partial charge is 0.357 e. The van der Waals surface area contributed by atoms with Crippen LogP contribution < -0.4 is 10.6 Å². The Kier molecular flexibility index (Phi) is 7.91. The van der Waals surface area contributed by atoms with Crippen molar-refractivity contribution >= 4 is 52.9 Å². The summed E-state index contributed by atoms with van der Waals surface area (Å²) in [6.45, 7) is 2.48. The summed E-state index contributed by atoms with van der Waals surface area (Å²) in [7, 11) is 0. The molecule has 0 spiro atoms. The number of rotatable bonds is 5. The van der Waals surface area contributed by atoms with Crippen LogP contribution in [0, 0.1) is 5.82 Å². The van der Waals surface area contributed by atoms with Crippen molar-refractivity contribution in [3.63, 3.8) is 0 Å². The molecule has 28 heavy (non-hydrogen) atoms. The standard InChI is InChI=1S/C17H17ClF4N4S.HI/c1-2-23-16(24-7-14-26-13(8-27-14)17(20,21)22)25-12-6-9(12)15-10(18)4-3-5-11(15)19;/h3-5,8-9,12H,2,6-7H2,1H3,(H2,23,24,25);1H. The molecule has 1 aliphatic carbocycles. The molecule has 2 unspecified atom stereocenters. The Bertz CT molecular complexity index is 823. The summed E-state index contributed by atoms with van der Waals surface area (Å²) in [5.74, 6) is 0.0293. The highest BCUT2D eigenvalue weighted by atomic mass is 127. The lowest BCUT2D eigenvalue weighted by Crippen LogP contribution is -2.39. The van der Waals surface area contributed by atoms with Crippen LogP contribution in [0.4, 0.5) is 17.6 Å². The summed E-state index contributed by atoms with van der Waals surface area (Å²) in [6, 6.07) is 4.53. The van der Waals surface area contributed by atoms with Crippen LogP contribution in [0.25, 0.3) is 0 Å². The van der Waals surface area contributed by atoms with E-state index in [1.807, 2.05) is 6.92 Å². The predicted octanol–water partition coefficient (Wildman–Crippen LogP) is 5.18. The fourth-order valence-corrected chi connectivity index (χ4v) is 3.72. The molecule has 0 aliphatic heterocycles. The van der Waals surface area contributed by atoms with Crippen LogP contribution in [0.2, 0.25) is 5.02 Å². The van der Waals surface area contributed by atoms with Gasteiger partial charge in [-0.3, -0.25) is 0 Å². The van der Waals surface area contributed by atoms with Gasteiger partial charge in [0.05, 0.1) is 6.54 Å². The first-order chi connectivity index (χ1) is 12.8. The van der Waals surface area contributed by atoms with Crippen molar-refractivity contribution in [2.45, 2.75) is 38.0 Å². The van der Waals surface area contributed by atoms with E-state index >= 15 is 0 Å². The molecule has 1 aromatic carbocycles. The minimum Gasteiger partial charge on any atom is -0.357 e. The van der Waals surface area contributed by atoms with E-state index in [1.165, 1.54) is 6.07 Å². The minimum absolute atomic E-state index is 0. The first-order valence-corrected chi connectivity index (χ1v) is 9.55. The largest absolute Gasteiger partial charge is 0.434 e. The molecule has 0 amide bonds. The van der Waals surface area contributed by atoms with Gasteiger partial charge in [-0.1, -0.05) is 17.7 Å². The van der Waals surface area contributed by atoms with Gasteiger partial charge in [0.25, 0.3) is 0 Å². The number of thiazole rings is 1. The average Bonchev–Trinajstić information content (AvgIpc) is 3.14. The molecule has 1 saturated carbocycles. The third-order valence-corrected chi connectivity index (χ3v) is 5.21. The summed E-state index contributed by atoms with van der Waals surface area (Å²) >= 11 is 7.01. The monoisotopic (exact) mass is 548 g/mol. The lowest BCUT2D eigenvalue weighted by atomic mass is 10.1. The van der Waals surface area contributed by atoms with Gasteiger partial charge >= 0.3 is 6.18 Å². The summed E-state index contributed by atoms with van der Waals surface area (Å²) in [5, 5.41) is 7.82. The molecule has 1 aliphatic rings. The van der Waals surface area contributed by atoms with Crippen molar-refractivity contribution in [2.75, 3.05) is 6.54 Å². The van der Waals surface area contributed by atoms with Crippen molar-refractivity contribution < 1.29 is 17.6 Å². The Balaban J connectivity index is 0.00000280. The van der Waals surface area contributed by atoms with Crippen LogP contribution in [-0.2, 0) is 12.7 Å². The number of halogens is 6. The zero-order chi connectivity index (χ0) is 19.6. The molecule has 11 heteroatoms. The van der Waals surface area contributed by atoms with E-state index in [4.69, 9.17) is 11.6 Å². The van der Waals surface area contributed by atoms with Crippen LogP contribution in [0.3, 0.4) is 0 Å². The quantitative estimate of drug-likeness (QED) is 0.234. The van der Waals surface area contributed by atoms with Gasteiger partial charge < -0.3 is 10.6 Å². The molecule has 1 heterocycles. The highest BCUT2D eigenvalue weighted by Gasteiger charge is 2.42. The Morgan fingerprint density at radius 1 is 1.39 bits per heavy atom. The summed E-state index contributed by atoms with van der Waals surface area (Å²) in [4.78, 5) is 7.84. The first-order valence-electron chi connectivity index (χ1n) is 8.30. The topological polar surface area (TPSA) is 49.3 Å². The van der Waals surface area contributed by atoms with E-state index < -0.39 is 11.9 Å². The first kappa shape index (κ1) is 23.1. The maximum Gasteiger partial charge on any atom is 0.434 e. The zero-order valence-corrected chi connectivity index (χ0v) is 18.6. The van der Waals surface area contributed by atoms with Gasteiger partial charge in [-0.15, -0.1) is 35.3 Å². The number of hydrogen-bond acceptors (Lipinski definition) is 3. The van der Waals surface area contributed by atoms with E-state index in [9.17, 15) is 17.6 Å². The van der Waals surface area contributed by atoms with Gasteiger partial charge in [0, 0.05) is 34.5 Å². The lowest BCUT2D eigenvalue weighted by Gasteiger charge is -2.11. The van der Waals surface area contributed by atoms with Crippen LogP contribution in [0.15, 0.2) is 28.6 Å². The second kappa shape index (κ2) is 9.57. The fraction of sp³-hybridized carbons (Fsp3) is 0.412. The number of nitrogens with one attached hydrogen (secondary N) is 2. The van der Waals surface area contributed by atoms with E-state index in [-0.39, 0.29) is 53.3 Å². The molecule has 1 aromatic heterocycles. The minimum atomic E-state index is -4.46. The Hall–Kier alpha value is -1.14. The normalized spacial score (nSPS) is 19.1. The van der Waals surface area contributed by atoms with Crippen molar-refractivity contribution in [1.29, 1.82) is 0 Å². The van der Waals surface area contributed by atoms with Crippen LogP contribution in [0.1, 0.15) is 35.5 Å². The molecule has 4 nitrogen and oxygen atoms in total. The summed E-state index contributed by atoms with van der Waals surface area (Å²) in [6.07, 6.45) is -3.76. The zero-order valence-electron chi connectivity index (χ0n) is 14.7. The lowest BCUT2D eigenvalue weighted by molar-refractivity contribution is -0.140. The number of benzene rings is 1. The van der Waals surface area contributed by atoms with E-state index in [1.54, 1.807) is 12.1 Å². The molecule has 0 bridgehead atoms. The highest BCUT2D eigenvalue weighted by Crippen LogP contribution is 2.44. The van der Waals surface area contributed by atoms with E-state index in [0.29, 0.717) is 29.5 Å². The number of hydrogen-bond donors (Lipinski definition) is 2. The SMILES string of the molecule is CCNC(=NCc1nc(C(F)(F)F)cs1)NC1CC1c1c(F)cccc1Cl.I. The van der Waals surface area contributed by atoms with Gasteiger partial charge in [0.1, 0.15) is 10.8 Å². The molecule has 0 saturated heterocycles. The summed E-state index contributed by atoms with van der Waals surface area (Å²) in [5.41, 5.74) is -0.436. The van der Waals surface area contributed by atoms with Gasteiger partial charge in [0.2, 0.25) is 0 Å². The van der Waals surface area contributed by atoms with Crippen LogP contribution in [-0.4, -0.2) is 23.5 Å². The molecular formula is C17H18ClF4IN4S. The molecule has 2 N–H and O–H groups in total. The van der Waals surface area contributed by atoms with Gasteiger partial charge in [0.15, 0.2) is 11.7 Å². The van der Waals surface area contributed by atoms with Crippen LogP contribution >= 0.6 is 46.9 Å². The van der Waals surface area contributed by atoms with Crippen molar-refractivity contribution in [1.82, 2.24) is 15.6 Å². The Morgan fingerprint density at radius 2 is 2.14 bits per heavy atom. The average molecular weight is 549 g/mol. The van der Waals surface area contributed by atoms with E-state index in [2.05, 4.69) is 20.6 Å². The molecule has 0 radical (unpaired) electrons. The Labute approximate surface area is 185 Å². The highest BCUT2D eigenvalue weighted by molar-refractivity contribution is 14.0. The van der Waals surface area contributed by atoms with Crippen molar-refractivity contribution in [3.8, 4) is 0 Å². The van der Waals surface area contributed by atoms with E-state index in [0.717, 1.165) is 16.7 Å². The molecule has 2 atom stereocenters.